The Labute approximate surface area is 183 Å². The monoisotopic (exact) mass is 405 g/mol. The summed E-state index contributed by atoms with van der Waals surface area (Å²) in [5.74, 6) is 1.70. The first-order chi connectivity index (χ1) is 14.4. The maximum atomic E-state index is 2.75. The fourth-order valence-electron chi connectivity index (χ4n) is 5.32. The van der Waals surface area contributed by atoms with Gasteiger partial charge < -0.3 is 0 Å². The molecule has 0 amide bonds. The second kappa shape index (κ2) is 17.2. The molecule has 0 aliphatic carbocycles. The van der Waals surface area contributed by atoms with Crippen molar-refractivity contribution in [2.24, 2.45) is 0 Å². The van der Waals surface area contributed by atoms with Gasteiger partial charge in [0.05, 0.1) is 26.2 Å². The van der Waals surface area contributed by atoms with Gasteiger partial charge in [0, 0.05) is 12.8 Å². The highest BCUT2D eigenvalue weighted by molar-refractivity contribution is 5.77. The molecule has 0 fully saturated rings. The van der Waals surface area contributed by atoms with E-state index in [4.69, 9.17) is 0 Å². The van der Waals surface area contributed by atoms with Crippen LogP contribution in [0.4, 0.5) is 0 Å². The molecule has 2 aliphatic heterocycles. The predicted molar refractivity (Wildman–Crippen MR) is 129 cm³/mol. The molecule has 2 rings (SSSR count). The fourth-order valence-corrected chi connectivity index (χ4v) is 5.32. The lowest BCUT2D eigenvalue weighted by Crippen LogP contribution is -2.44. The molecule has 29 heavy (non-hydrogen) atoms. The van der Waals surface area contributed by atoms with Crippen molar-refractivity contribution < 1.29 is 4.58 Å². The zero-order chi connectivity index (χ0) is 20.4. The Balaban J connectivity index is 1.35. The third kappa shape index (κ3) is 11.4. The Morgan fingerprint density at radius 3 is 1.69 bits per heavy atom. The quantitative estimate of drug-likeness (QED) is 0.176. The molecule has 0 atom stereocenters. The molecule has 0 unspecified atom stereocenters. The van der Waals surface area contributed by atoms with E-state index >= 15 is 0 Å². The molecule has 0 spiro atoms. The van der Waals surface area contributed by atoms with E-state index in [1.165, 1.54) is 161 Å². The SMILES string of the molecule is CCCCCCCCCCCCCCCCCCN1CCC[N+]2=C1CCCCC2. The topological polar surface area (TPSA) is 6.25 Å². The van der Waals surface area contributed by atoms with Gasteiger partial charge in [-0.25, -0.2) is 0 Å². The maximum absolute atomic E-state index is 2.75. The lowest BCUT2D eigenvalue weighted by molar-refractivity contribution is -0.539. The minimum Gasteiger partial charge on any atom is -0.266 e. The van der Waals surface area contributed by atoms with E-state index < -0.39 is 0 Å². The molecule has 0 N–H and O–H groups in total. The summed E-state index contributed by atoms with van der Waals surface area (Å²) in [6.07, 6.45) is 30.4. The second-order valence-corrected chi connectivity index (χ2v) is 9.86. The highest BCUT2D eigenvalue weighted by atomic mass is 15.3. The van der Waals surface area contributed by atoms with E-state index in [0.717, 1.165) is 0 Å². The van der Waals surface area contributed by atoms with Gasteiger partial charge in [0.1, 0.15) is 0 Å². The first-order valence-corrected chi connectivity index (χ1v) is 13.8. The summed E-state index contributed by atoms with van der Waals surface area (Å²) in [5, 5.41) is 0. The van der Waals surface area contributed by atoms with Crippen molar-refractivity contribution in [3.05, 3.63) is 0 Å². The van der Waals surface area contributed by atoms with Crippen molar-refractivity contribution in [1.29, 1.82) is 0 Å². The molecule has 2 nitrogen and oxygen atoms in total. The van der Waals surface area contributed by atoms with Crippen molar-refractivity contribution >= 4 is 5.84 Å². The largest absolute Gasteiger partial charge is 0.266 e. The van der Waals surface area contributed by atoms with E-state index in [1.807, 2.05) is 0 Å². The molecule has 2 heterocycles. The van der Waals surface area contributed by atoms with Crippen molar-refractivity contribution in [2.45, 2.75) is 142 Å². The van der Waals surface area contributed by atoms with Crippen LogP contribution in [0.25, 0.3) is 0 Å². The van der Waals surface area contributed by atoms with Gasteiger partial charge >= 0.3 is 0 Å². The van der Waals surface area contributed by atoms with Gasteiger partial charge in [0.15, 0.2) is 0 Å². The van der Waals surface area contributed by atoms with Gasteiger partial charge in [-0.2, -0.15) is 0 Å². The summed E-state index contributed by atoms with van der Waals surface area (Å²) in [5.41, 5.74) is 0. The minimum absolute atomic E-state index is 1.32. The van der Waals surface area contributed by atoms with Gasteiger partial charge in [-0.05, 0) is 32.1 Å². The summed E-state index contributed by atoms with van der Waals surface area (Å²) < 4.78 is 2.71. The van der Waals surface area contributed by atoms with Gasteiger partial charge in [-0.15, -0.1) is 0 Å². The van der Waals surface area contributed by atoms with Crippen LogP contribution in [0.3, 0.4) is 0 Å². The molecule has 0 saturated carbocycles. The molecule has 0 bridgehead atoms. The van der Waals surface area contributed by atoms with Gasteiger partial charge in [-0.1, -0.05) is 96.8 Å². The smallest absolute Gasteiger partial charge is 0.246 e. The second-order valence-electron chi connectivity index (χ2n) is 9.86. The maximum Gasteiger partial charge on any atom is 0.246 e. The van der Waals surface area contributed by atoms with Crippen LogP contribution in [0, 0.1) is 0 Å². The van der Waals surface area contributed by atoms with Crippen LogP contribution in [0.15, 0.2) is 0 Å². The predicted octanol–water partition coefficient (Wildman–Crippen LogP) is 7.94. The first-order valence-electron chi connectivity index (χ1n) is 13.8. The van der Waals surface area contributed by atoms with Crippen molar-refractivity contribution in [3.63, 3.8) is 0 Å². The molecule has 0 aromatic carbocycles. The lowest BCUT2D eigenvalue weighted by Gasteiger charge is -2.26. The highest BCUT2D eigenvalue weighted by Gasteiger charge is 2.27. The summed E-state index contributed by atoms with van der Waals surface area (Å²) in [6, 6.07) is 0. The zero-order valence-electron chi connectivity index (χ0n) is 20.1. The van der Waals surface area contributed by atoms with E-state index in [1.54, 1.807) is 5.84 Å². The Morgan fingerprint density at radius 1 is 0.586 bits per heavy atom. The first kappa shape index (κ1) is 24.7. The molecule has 0 saturated heterocycles. The Morgan fingerprint density at radius 2 is 1.10 bits per heavy atom. The Kier molecular flexibility index (Phi) is 14.7. The molecule has 2 aliphatic rings. The summed E-state index contributed by atoms with van der Waals surface area (Å²) >= 11 is 0. The number of rotatable bonds is 17. The minimum atomic E-state index is 1.32. The summed E-state index contributed by atoms with van der Waals surface area (Å²) in [7, 11) is 0. The highest BCUT2D eigenvalue weighted by Crippen LogP contribution is 2.17. The number of unbranched alkanes of at least 4 members (excludes halogenated alkanes) is 15. The normalized spacial score (nSPS) is 17.5. The van der Waals surface area contributed by atoms with Crippen LogP contribution in [0.2, 0.25) is 0 Å². The van der Waals surface area contributed by atoms with Crippen molar-refractivity contribution in [3.8, 4) is 0 Å². The molecule has 0 radical (unpaired) electrons. The molecule has 0 aromatic rings. The van der Waals surface area contributed by atoms with E-state index in [9.17, 15) is 0 Å². The van der Waals surface area contributed by atoms with Gasteiger partial charge in [0.2, 0.25) is 5.84 Å². The molecule has 2 heteroatoms. The average molecular weight is 406 g/mol. The van der Waals surface area contributed by atoms with Crippen LogP contribution in [0.1, 0.15) is 142 Å². The fraction of sp³-hybridized carbons (Fsp3) is 0.963. The van der Waals surface area contributed by atoms with Crippen LogP contribution >= 0.6 is 0 Å². The number of hydrogen-bond acceptors (Lipinski definition) is 1. The third-order valence-corrected chi connectivity index (χ3v) is 7.20. The number of nitrogens with zero attached hydrogens (tertiary/aromatic N) is 2. The van der Waals surface area contributed by atoms with Crippen molar-refractivity contribution in [2.75, 3.05) is 26.2 Å². The van der Waals surface area contributed by atoms with Gasteiger partial charge in [-0.3, -0.25) is 9.48 Å². The summed E-state index contributed by atoms with van der Waals surface area (Å²) in [4.78, 5) is 2.75. The van der Waals surface area contributed by atoms with Crippen LogP contribution in [0.5, 0.6) is 0 Å². The molecule has 170 valence electrons. The number of amidine groups is 1. The van der Waals surface area contributed by atoms with E-state index in [2.05, 4.69) is 16.4 Å². The van der Waals surface area contributed by atoms with Crippen LogP contribution < -0.4 is 0 Å². The van der Waals surface area contributed by atoms with Crippen LogP contribution in [-0.4, -0.2) is 41.5 Å². The standard InChI is InChI=1S/C27H53N2/c1-2-3-4-5-6-7-8-9-10-11-12-13-14-15-16-19-23-28-25-21-26-29-24-20-17-18-22-27(28)29/h2-26H2,1H3/q+1. The Hall–Kier alpha value is -0.530. The molecule has 0 aromatic heterocycles. The molecular weight excluding hydrogens is 352 g/mol. The van der Waals surface area contributed by atoms with Crippen LogP contribution in [-0.2, 0) is 0 Å². The Bertz CT molecular complexity index is 415. The lowest BCUT2D eigenvalue weighted by atomic mass is 10.0. The van der Waals surface area contributed by atoms with Gasteiger partial charge in [0.25, 0.3) is 0 Å². The van der Waals surface area contributed by atoms with E-state index in [0.29, 0.717) is 0 Å². The van der Waals surface area contributed by atoms with Crippen molar-refractivity contribution in [1.82, 2.24) is 4.90 Å². The average Bonchev–Trinajstić information content (AvgIpc) is 2.99. The number of hydrogen-bond donors (Lipinski definition) is 0. The van der Waals surface area contributed by atoms with E-state index in [-0.39, 0.29) is 0 Å². The summed E-state index contributed by atoms with van der Waals surface area (Å²) in [6.45, 7) is 7.60. The third-order valence-electron chi connectivity index (χ3n) is 7.20. The zero-order valence-corrected chi connectivity index (χ0v) is 20.1. The molecular formula is C27H53N2+.